The summed E-state index contributed by atoms with van der Waals surface area (Å²) in [5.74, 6) is -1.36. The molecular weight excluding hydrogens is 388 g/mol. The van der Waals surface area contributed by atoms with E-state index in [9.17, 15) is 14.7 Å². The highest BCUT2D eigenvalue weighted by Gasteiger charge is 2.26. The lowest BCUT2D eigenvalue weighted by Gasteiger charge is -2.18. The maximum Gasteiger partial charge on any atom is 0.352 e. The summed E-state index contributed by atoms with van der Waals surface area (Å²) < 4.78 is 13.1. The molecule has 0 unspecified atom stereocenters. The number of ether oxygens (including phenoxy) is 2. The summed E-state index contributed by atoms with van der Waals surface area (Å²) in [6.45, 7) is 9.05. The van der Waals surface area contributed by atoms with Gasteiger partial charge >= 0.3 is 5.97 Å². The van der Waals surface area contributed by atoms with Crippen LogP contribution in [0.1, 0.15) is 39.6 Å². The fourth-order valence-corrected chi connectivity index (χ4v) is 3.55. The van der Waals surface area contributed by atoms with Gasteiger partial charge < -0.3 is 24.5 Å². The fourth-order valence-electron chi connectivity index (χ4n) is 2.79. The second-order valence-electron chi connectivity index (χ2n) is 8.07. The van der Waals surface area contributed by atoms with E-state index in [0.717, 1.165) is 11.6 Å². The average molecular weight is 419 g/mol. The van der Waals surface area contributed by atoms with Crippen molar-refractivity contribution in [3.8, 4) is 5.75 Å². The lowest BCUT2D eigenvalue weighted by atomic mass is 10.1. The summed E-state index contributed by atoms with van der Waals surface area (Å²) in [5.41, 5.74) is 1.01. The molecular formula is C21H30N2O5Si. The third-order valence-electron chi connectivity index (χ3n) is 4.51. The molecule has 2 N–H and O–H groups in total. The molecule has 0 fully saturated rings. The first-order valence-corrected chi connectivity index (χ1v) is 13.3. The van der Waals surface area contributed by atoms with E-state index in [1.165, 1.54) is 17.7 Å². The van der Waals surface area contributed by atoms with Gasteiger partial charge in [0.15, 0.2) is 11.4 Å². The van der Waals surface area contributed by atoms with Gasteiger partial charge in [-0.2, -0.15) is 0 Å². The molecule has 2 aromatic rings. The number of carbonyl (C=O) groups excluding carboxylic acids is 1. The number of carboxylic acid groups (broad SMARTS) is 1. The van der Waals surface area contributed by atoms with Gasteiger partial charge in [-0.3, -0.25) is 4.79 Å². The standard InChI is InChI=1S/C21H30N2O5Si/c1-15(16-9-7-6-8-10-16)28-18-13-17(21(25)26)23(19(18)20(24)22-2)14-27-11-12-29(3,4)5/h6-10,13,15H,11-12,14H2,1-5H3,(H,22,24)(H,25,26)/t15-/m0/s1. The van der Waals surface area contributed by atoms with E-state index in [0.29, 0.717) is 6.61 Å². The molecule has 1 atom stereocenters. The normalized spacial score (nSPS) is 12.4. The number of aromatic carboxylic acids is 1. The Morgan fingerprint density at radius 1 is 1.21 bits per heavy atom. The highest BCUT2D eigenvalue weighted by molar-refractivity contribution is 6.76. The van der Waals surface area contributed by atoms with Gasteiger partial charge in [0.25, 0.3) is 5.91 Å². The Bertz CT molecular complexity index is 843. The Balaban J connectivity index is 2.33. The highest BCUT2D eigenvalue weighted by atomic mass is 28.3. The van der Waals surface area contributed by atoms with Gasteiger partial charge in [0, 0.05) is 27.8 Å². The van der Waals surface area contributed by atoms with Crippen LogP contribution in [0.5, 0.6) is 5.75 Å². The Morgan fingerprint density at radius 2 is 1.86 bits per heavy atom. The molecule has 158 valence electrons. The number of rotatable bonds is 10. The van der Waals surface area contributed by atoms with Gasteiger partial charge in [-0.15, -0.1) is 0 Å². The van der Waals surface area contributed by atoms with E-state index in [-0.39, 0.29) is 30.0 Å². The van der Waals surface area contributed by atoms with Gasteiger partial charge in [0.2, 0.25) is 0 Å². The van der Waals surface area contributed by atoms with Crippen LogP contribution in [-0.2, 0) is 11.5 Å². The first-order chi connectivity index (χ1) is 13.6. The molecule has 0 bridgehead atoms. The third kappa shape index (κ3) is 6.20. The summed E-state index contributed by atoms with van der Waals surface area (Å²) in [6.07, 6.45) is -0.357. The van der Waals surface area contributed by atoms with Crippen molar-refractivity contribution in [1.29, 1.82) is 0 Å². The molecule has 0 spiro atoms. The largest absolute Gasteiger partial charge is 0.484 e. The van der Waals surface area contributed by atoms with Crippen molar-refractivity contribution in [2.45, 2.75) is 45.4 Å². The maximum absolute atomic E-state index is 12.5. The van der Waals surface area contributed by atoms with Gasteiger partial charge in [0.05, 0.1) is 0 Å². The Labute approximate surface area is 172 Å². The fraction of sp³-hybridized carbons (Fsp3) is 0.429. The van der Waals surface area contributed by atoms with Crippen LogP contribution in [0.15, 0.2) is 36.4 Å². The number of nitrogens with zero attached hydrogens (tertiary/aromatic N) is 1. The topological polar surface area (TPSA) is 89.8 Å². The van der Waals surface area contributed by atoms with E-state index in [4.69, 9.17) is 9.47 Å². The van der Waals surface area contributed by atoms with Crippen LogP contribution in [0.3, 0.4) is 0 Å². The zero-order valence-corrected chi connectivity index (χ0v) is 18.7. The molecule has 1 aromatic heterocycles. The SMILES string of the molecule is CNC(=O)c1c(O[C@@H](C)c2ccccc2)cc(C(=O)O)n1COCC[Si](C)(C)C. The van der Waals surface area contributed by atoms with Crippen molar-refractivity contribution in [2.75, 3.05) is 13.7 Å². The Kier molecular flexibility index (Phi) is 7.64. The lowest BCUT2D eigenvalue weighted by Crippen LogP contribution is -2.26. The number of carbonyl (C=O) groups is 2. The molecule has 0 saturated heterocycles. The first-order valence-electron chi connectivity index (χ1n) is 9.62. The van der Waals surface area contributed by atoms with E-state index in [1.807, 2.05) is 37.3 Å². The summed E-state index contributed by atoms with van der Waals surface area (Å²) in [4.78, 5) is 24.3. The molecule has 0 aliphatic heterocycles. The van der Waals surface area contributed by atoms with Crippen LogP contribution >= 0.6 is 0 Å². The van der Waals surface area contributed by atoms with Crippen molar-refractivity contribution in [3.05, 3.63) is 53.3 Å². The molecule has 7 nitrogen and oxygen atoms in total. The number of benzene rings is 1. The monoisotopic (exact) mass is 418 g/mol. The molecule has 0 aliphatic carbocycles. The van der Waals surface area contributed by atoms with Crippen molar-refractivity contribution in [1.82, 2.24) is 9.88 Å². The predicted molar refractivity (Wildman–Crippen MR) is 114 cm³/mol. The second kappa shape index (κ2) is 9.75. The predicted octanol–water partition coefficient (Wildman–Crippen LogP) is 4.00. The number of carboxylic acids is 1. The number of amides is 1. The van der Waals surface area contributed by atoms with Crippen LogP contribution < -0.4 is 10.1 Å². The highest BCUT2D eigenvalue weighted by Crippen LogP contribution is 2.29. The zero-order chi connectivity index (χ0) is 21.6. The summed E-state index contributed by atoms with van der Waals surface area (Å²) in [5, 5.41) is 12.2. The molecule has 0 aliphatic rings. The minimum absolute atomic E-state index is 0.0298. The first kappa shape index (κ1) is 22.7. The molecule has 0 radical (unpaired) electrons. The minimum Gasteiger partial charge on any atom is -0.484 e. The third-order valence-corrected chi connectivity index (χ3v) is 6.22. The molecule has 1 amide bonds. The molecule has 29 heavy (non-hydrogen) atoms. The maximum atomic E-state index is 12.5. The van der Waals surface area contributed by atoms with Crippen LogP contribution in [0.25, 0.3) is 0 Å². The van der Waals surface area contributed by atoms with E-state index in [2.05, 4.69) is 25.0 Å². The van der Waals surface area contributed by atoms with Gasteiger partial charge in [-0.05, 0) is 18.5 Å². The molecule has 8 heteroatoms. The van der Waals surface area contributed by atoms with Gasteiger partial charge in [-0.1, -0.05) is 50.0 Å². The van der Waals surface area contributed by atoms with Crippen LogP contribution in [0.4, 0.5) is 0 Å². The van der Waals surface area contributed by atoms with Crippen molar-refractivity contribution < 1.29 is 24.2 Å². The summed E-state index contributed by atoms with van der Waals surface area (Å²) >= 11 is 0. The lowest BCUT2D eigenvalue weighted by molar-refractivity contribution is 0.0612. The zero-order valence-electron chi connectivity index (χ0n) is 17.7. The number of aromatic nitrogens is 1. The van der Waals surface area contributed by atoms with Crippen molar-refractivity contribution >= 4 is 20.0 Å². The smallest absolute Gasteiger partial charge is 0.352 e. The van der Waals surface area contributed by atoms with Gasteiger partial charge in [0.1, 0.15) is 18.5 Å². The quantitative estimate of drug-likeness (QED) is 0.450. The number of nitrogens with one attached hydrogen (secondary N) is 1. The van der Waals surface area contributed by atoms with Gasteiger partial charge in [-0.25, -0.2) is 4.79 Å². The minimum atomic E-state index is -1.28. The average Bonchev–Trinajstić information content (AvgIpc) is 3.03. The molecule has 1 aromatic carbocycles. The van der Waals surface area contributed by atoms with E-state index in [1.54, 1.807) is 0 Å². The Morgan fingerprint density at radius 3 is 2.41 bits per heavy atom. The van der Waals surface area contributed by atoms with E-state index < -0.39 is 20.0 Å². The summed E-state index contributed by atoms with van der Waals surface area (Å²) in [6, 6.07) is 11.9. The van der Waals surface area contributed by atoms with Crippen molar-refractivity contribution in [2.24, 2.45) is 0 Å². The summed E-state index contributed by atoms with van der Waals surface area (Å²) in [7, 11) is 0.215. The van der Waals surface area contributed by atoms with Crippen molar-refractivity contribution in [3.63, 3.8) is 0 Å². The molecule has 2 rings (SSSR count). The van der Waals surface area contributed by atoms with E-state index >= 15 is 0 Å². The van der Waals surface area contributed by atoms with Crippen LogP contribution in [0, 0.1) is 0 Å². The van der Waals surface area contributed by atoms with Crippen LogP contribution in [-0.4, -0.2) is 43.3 Å². The molecule has 1 heterocycles. The Hall–Kier alpha value is -2.58. The van der Waals surface area contributed by atoms with Crippen LogP contribution in [0.2, 0.25) is 25.7 Å². The second-order valence-corrected chi connectivity index (χ2v) is 13.7. The number of hydrogen-bond acceptors (Lipinski definition) is 4. The number of hydrogen-bond donors (Lipinski definition) is 2. The molecule has 0 saturated carbocycles.